The van der Waals surface area contributed by atoms with Crippen LogP contribution in [0, 0.1) is 0 Å². The number of ether oxygens (including phenoxy) is 10. The van der Waals surface area contributed by atoms with Gasteiger partial charge < -0.3 is 47.4 Å². The van der Waals surface area contributed by atoms with Crippen molar-refractivity contribution in [2.24, 2.45) is 0 Å². The van der Waals surface area contributed by atoms with E-state index in [0.29, 0.717) is 0 Å². The van der Waals surface area contributed by atoms with Crippen molar-refractivity contribution in [2.45, 2.75) is 36.7 Å². The van der Waals surface area contributed by atoms with Crippen molar-refractivity contribution in [3.63, 3.8) is 0 Å². The van der Waals surface area contributed by atoms with Gasteiger partial charge in [-0.05, 0) is 24.3 Å². The molecule has 4 unspecified atom stereocenters. The molecule has 0 bridgehead atoms. The monoisotopic (exact) mass is 408 g/mol. The molecule has 0 spiro atoms. The molecule has 0 aromatic rings. The van der Waals surface area contributed by atoms with E-state index in [1.807, 2.05) is 0 Å². The Morgan fingerprint density at radius 1 is 0.607 bits per heavy atom. The Morgan fingerprint density at radius 3 is 1.11 bits per heavy atom. The van der Waals surface area contributed by atoms with Crippen molar-refractivity contribution in [3.05, 3.63) is 24.3 Å². The maximum Gasteiger partial charge on any atom is 0.243 e. The Labute approximate surface area is 166 Å². The lowest BCUT2D eigenvalue weighted by molar-refractivity contribution is -0.332. The van der Waals surface area contributed by atoms with Crippen LogP contribution in [-0.4, -0.2) is 93.6 Å². The second-order valence-electron chi connectivity index (χ2n) is 5.62. The SMILES string of the molecule is COC1C=CC(OC)(C(OC)OC)O1.COC1C=CC(OC)(C(OC)OC)O1. The topological polar surface area (TPSA) is 92.3 Å². The fourth-order valence-electron chi connectivity index (χ4n) is 2.74. The molecule has 2 heterocycles. The Bertz CT molecular complexity index is 447. The van der Waals surface area contributed by atoms with Gasteiger partial charge in [0.1, 0.15) is 0 Å². The van der Waals surface area contributed by atoms with Gasteiger partial charge in [0.05, 0.1) is 0 Å². The minimum absolute atomic E-state index is 0.428. The molecule has 2 rings (SSSR count). The average Bonchev–Trinajstić information content (AvgIpc) is 3.36. The van der Waals surface area contributed by atoms with Crippen molar-refractivity contribution in [3.8, 4) is 0 Å². The minimum atomic E-state index is -1.02. The zero-order valence-electron chi connectivity index (χ0n) is 17.7. The first-order valence-electron chi connectivity index (χ1n) is 8.46. The van der Waals surface area contributed by atoms with E-state index in [-0.39, 0.29) is 0 Å². The molecule has 28 heavy (non-hydrogen) atoms. The molecule has 4 atom stereocenters. The van der Waals surface area contributed by atoms with Crippen molar-refractivity contribution in [2.75, 3.05) is 56.9 Å². The van der Waals surface area contributed by atoms with Gasteiger partial charge in [0.25, 0.3) is 0 Å². The Hall–Kier alpha value is -0.920. The first kappa shape index (κ1) is 25.1. The van der Waals surface area contributed by atoms with E-state index in [9.17, 15) is 0 Å². The molecule has 164 valence electrons. The summed E-state index contributed by atoms with van der Waals surface area (Å²) in [7, 11) is 12.2. The third-order valence-corrected chi connectivity index (χ3v) is 4.19. The molecule has 2 aliphatic heterocycles. The van der Waals surface area contributed by atoms with Gasteiger partial charge in [-0.1, -0.05) is 0 Å². The van der Waals surface area contributed by atoms with Crippen molar-refractivity contribution >= 4 is 0 Å². The molecule has 0 amide bonds. The van der Waals surface area contributed by atoms with Crippen LogP contribution in [0.15, 0.2) is 24.3 Å². The van der Waals surface area contributed by atoms with E-state index in [2.05, 4.69) is 0 Å². The molecule has 2 aliphatic rings. The van der Waals surface area contributed by atoms with Gasteiger partial charge in [0.2, 0.25) is 24.2 Å². The molecular formula is C18H32O10. The molecule has 0 aromatic carbocycles. The smallest absolute Gasteiger partial charge is 0.243 e. The summed E-state index contributed by atoms with van der Waals surface area (Å²) >= 11 is 0. The fraction of sp³-hybridized carbons (Fsp3) is 0.778. The van der Waals surface area contributed by atoms with Crippen LogP contribution < -0.4 is 0 Å². The molecule has 10 nitrogen and oxygen atoms in total. The number of hydrogen-bond acceptors (Lipinski definition) is 10. The standard InChI is InChI=1S/2C9H16O5/c2*1-10-7-5-6-9(13-4,14-7)8(11-2)12-3/h2*5-8H,1-4H3. The summed E-state index contributed by atoms with van der Waals surface area (Å²) in [6.07, 6.45) is 4.83. The summed E-state index contributed by atoms with van der Waals surface area (Å²) in [6.45, 7) is 0. The Kier molecular flexibility index (Phi) is 10.7. The first-order chi connectivity index (χ1) is 13.4. The summed E-state index contributed by atoms with van der Waals surface area (Å²) in [5, 5.41) is 0. The first-order valence-corrected chi connectivity index (χ1v) is 8.46. The average molecular weight is 408 g/mol. The van der Waals surface area contributed by atoms with Crippen LogP contribution >= 0.6 is 0 Å². The van der Waals surface area contributed by atoms with E-state index in [0.717, 1.165) is 0 Å². The molecule has 0 N–H and O–H groups in total. The highest BCUT2D eigenvalue weighted by Gasteiger charge is 2.45. The third kappa shape index (κ3) is 5.57. The minimum Gasteiger partial charge on any atom is -0.352 e. The lowest BCUT2D eigenvalue weighted by Gasteiger charge is -2.32. The molecular weight excluding hydrogens is 376 g/mol. The largest absolute Gasteiger partial charge is 0.352 e. The summed E-state index contributed by atoms with van der Waals surface area (Å²) in [5.41, 5.74) is 0. The van der Waals surface area contributed by atoms with E-state index in [1.165, 1.54) is 42.7 Å². The fourth-order valence-corrected chi connectivity index (χ4v) is 2.74. The van der Waals surface area contributed by atoms with E-state index in [1.54, 1.807) is 38.5 Å². The van der Waals surface area contributed by atoms with Crippen LogP contribution in [0.3, 0.4) is 0 Å². The van der Waals surface area contributed by atoms with Gasteiger partial charge in [-0.3, -0.25) is 0 Å². The highest BCUT2D eigenvalue weighted by Crippen LogP contribution is 2.31. The second kappa shape index (κ2) is 11.9. The highest BCUT2D eigenvalue weighted by molar-refractivity contribution is 5.07. The lowest BCUT2D eigenvalue weighted by Crippen LogP contribution is -2.46. The van der Waals surface area contributed by atoms with Crippen molar-refractivity contribution in [1.82, 2.24) is 0 Å². The predicted molar refractivity (Wildman–Crippen MR) is 97.1 cm³/mol. The molecule has 0 aliphatic carbocycles. The van der Waals surface area contributed by atoms with Gasteiger partial charge in [-0.15, -0.1) is 0 Å². The summed E-state index contributed by atoms with van der Waals surface area (Å²) < 4.78 is 51.8. The Balaban J connectivity index is 0.000000280. The van der Waals surface area contributed by atoms with E-state index in [4.69, 9.17) is 47.4 Å². The van der Waals surface area contributed by atoms with Crippen LogP contribution in [0.2, 0.25) is 0 Å². The molecule has 0 aromatic heterocycles. The van der Waals surface area contributed by atoms with Gasteiger partial charge >= 0.3 is 0 Å². The zero-order valence-corrected chi connectivity index (χ0v) is 17.7. The molecule has 0 saturated carbocycles. The highest BCUT2D eigenvalue weighted by atomic mass is 16.8. The number of methoxy groups -OCH3 is 8. The van der Waals surface area contributed by atoms with E-state index < -0.39 is 36.7 Å². The van der Waals surface area contributed by atoms with Gasteiger partial charge in [-0.2, -0.15) is 0 Å². The summed E-state index contributed by atoms with van der Waals surface area (Å²) in [4.78, 5) is 0. The van der Waals surface area contributed by atoms with Crippen LogP contribution in [0.1, 0.15) is 0 Å². The zero-order chi connectivity index (χ0) is 21.2. The van der Waals surface area contributed by atoms with Crippen LogP contribution in [0.25, 0.3) is 0 Å². The Morgan fingerprint density at radius 2 is 0.929 bits per heavy atom. The maximum atomic E-state index is 5.49. The summed E-state index contributed by atoms with van der Waals surface area (Å²) in [6, 6.07) is 0. The van der Waals surface area contributed by atoms with E-state index >= 15 is 0 Å². The normalized spacial score (nSPS) is 31.6. The number of rotatable bonds is 10. The molecule has 0 radical (unpaired) electrons. The maximum absolute atomic E-state index is 5.49. The summed E-state index contributed by atoms with van der Waals surface area (Å²) in [5.74, 6) is -2.05. The van der Waals surface area contributed by atoms with Crippen molar-refractivity contribution in [1.29, 1.82) is 0 Å². The number of hydrogen-bond donors (Lipinski definition) is 0. The lowest BCUT2D eigenvalue weighted by atomic mass is 10.2. The predicted octanol–water partition coefficient (Wildman–Crippen LogP) is 1.01. The van der Waals surface area contributed by atoms with Crippen LogP contribution in [0.5, 0.6) is 0 Å². The molecule has 10 heteroatoms. The van der Waals surface area contributed by atoms with Gasteiger partial charge in [0, 0.05) is 56.9 Å². The quantitative estimate of drug-likeness (QED) is 0.385. The van der Waals surface area contributed by atoms with Crippen molar-refractivity contribution < 1.29 is 47.4 Å². The van der Waals surface area contributed by atoms with Gasteiger partial charge in [0.15, 0.2) is 12.6 Å². The van der Waals surface area contributed by atoms with Crippen LogP contribution in [0.4, 0.5) is 0 Å². The van der Waals surface area contributed by atoms with Gasteiger partial charge in [-0.25, -0.2) is 0 Å². The van der Waals surface area contributed by atoms with Crippen LogP contribution in [-0.2, 0) is 47.4 Å². The molecule has 0 saturated heterocycles. The third-order valence-electron chi connectivity index (χ3n) is 4.19. The molecule has 0 fully saturated rings. The second-order valence-corrected chi connectivity index (χ2v) is 5.62.